The molecular formula is C21H19N4O4+. The Morgan fingerprint density at radius 1 is 0.759 bits per heavy atom. The molecule has 3 aliphatic heterocycles. The van der Waals surface area contributed by atoms with Crippen molar-refractivity contribution >= 4 is 34.8 Å². The first-order chi connectivity index (χ1) is 14.0. The van der Waals surface area contributed by atoms with Crippen molar-refractivity contribution in [2.45, 2.75) is 0 Å². The highest BCUT2D eigenvalue weighted by Crippen LogP contribution is 2.33. The van der Waals surface area contributed by atoms with Crippen LogP contribution < -0.4 is 15.1 Å². The third-order valence-electron chi connectivity index (χ3n) is 5.85. The van der Waals surface area contributed by atoms with Crippen molar-refractivity contribution in [1.29, 1.82) is 0 Å². The second kappa shape index (κ2) is 6.33. The minimum absolute atomic E-state index is 0.245. The molecule has 8 nitrogen and oxygen atoms in total. The van der Waals surface area contributed by atoms with Crippen LogP contribution in [0.2, 0.25) is 0 Å². The number of anilines is 2. The van der Waals surface area contributed by atoms with E-state index >= 15 is 0 Å². The first kappa shape index (κ1) is 17.7. The predicted octanol–water partition coefficient (Wildman–Crippen LogP) is 0.738. The lowest BCUT2D eigenvalue weighted by Gasteiger charge is -2.38. The molecule has 0 atom stereocenters. The van der Waals surface area contributed by atoms with Crippen LogP contribution >= 0.6 is 0 Å². The average Bonchev–Trinajstić information content (AvgIpc) is 3.37. The molecule has 0 radical (unpaired) electrons. The molecule has 8 heteroatoms. The summed E-state index contributed by atoms with van der Waals surface area (Å²) in [4.78, 5) is 53.0. The van der Waals surface area contributed by atoms with Gasteiger partial charge in [0.15, 0.2) is 13.3 Å². The Hall–Kier alpha value is -3.36. The van der Waals surface area contributed by atoms with E-state index < -0.39 is 23.4 Å². The molecule has 0 spiro atoms. The van der Waals surface area contributed by atoms with Gasteiger partial charge < -0.3 is 0 Å². The fraction of sp³-hybridized carbons (Fsp3) is 0.238. The number of nitrogens with one attached hydrogen (secondary N) is 1. The van der Waals surface area contributed by atoms with Gasteiger partial charge in [-0.2, -0.15) is 0 Å². The molecule has 1 saturated heterocycles. The van der Waals surface area contributed by atoms with Gasteiger partial charge in [0.1, 0.15) is 6.67 Å². The molecule has 2 aromatic rings. The molecule has 2 amide bonds. The molecule has 0 saturated carbocycles. The number of rotatable bonds is 4. The van der Waals surface area contributed by atoms with Crippen LogP contribution in [-0.4, -0.2) is 61.0 Å². The highest BCUT2D eigenvalue weighted by Gasteiger charge is 2.46. The zero-order valence-electron chi connectivity index (χ0n) is 15.6. The average molecular weight is 391 g/mol. The lowest BCUT2D eigenvalue weighted by molar-refractivity contribution is -0.914. The number of amides is 2. The van der Waals surface area contributed by atoms with Gasteiger partial charge >= 0.3 is 11.8 Å². The summed E-state index contributed by atoms with van der Waals surface area (Å²) in [6, 6.07) is 13.9. The number of carbonyl (C=O) groups excluding carboxylic acids is 4. The molecule has 146 valence electrons. The lowest BCUT2D eigenvalue weighted by Crippen LogP contribution is -2.60. The third-order valence-corrected chi connectivity index (χ3v) is 5.85. The summed E-state index contributed by atoms with van der Waals surface area (Å²) in [5, 5.41) is 3.29. The Balaban J connectivity index is 1.48. The van der Waals surface area contributed by atoms with E-state index in [2.05, 4.69) is 5.32 Å². The van der Waals surface area contributed by atoms with Gasteiger partial charge in [0.05, 0.1) is 29.0 Å². The summed E-state index contributed by atoms with van der Waals surface area (Å²) in [6.07, 6.45) is 0. The Bertz CT molecular complexity index is 994. The second-order valence-corrected chi connectivity index (χ2v) is 7.67. The molecule has 1 fully saturated rings. The van der Waals surface area contributed by atoms with Crippen molar-refractivity contribution in [2.24, 2.45) is 0 Å². The molecule has 0 aliphatic carbocycles. The van der Waals surface area contributed by atoms with E-state index in [1.165, 1.54) is 9.80 Å². The minimum atomic E-state index is -0.556. The lowest BCUT2D eigenvalue weighted by atomic mass is 10.1. The zero-order valence-corrected chi connectivity index (χ0v) is 15.6. The van der Waals surface area contributed by atoms with E-state index in [1.807, 2.05) is 0 Å². The first-order valence-corrected chi connectivity index (χ1v) is 9.47. The monoisotopic (exact) mass is 391 g/mol. The number of hydrogen-bond donors (Lipinski definition) is 1. The number of hydrogen-bond acceptors (Lipinski definition) is 5. The largest absolute Gasteiger partial charge is 0.303 e. The zero-order chi connectivity index (χ0) is 20.2. The van der Waals surface area contributed by atoms with E-state index in [0.29, 0.717) is 40.2 Å². The standard InChI is InChI=1S/C21H19N4O4/c26-18-14-5-1-3-7-16(14)23(20(18)28)12-25(10-9-22-11-25)13-24-17-8-4-2-6-15(17)19(27)21(24)29/h1-8,22H,9-13H2/q+1. The number of nitrogens with zero attached hydrogens (tertiary/aromatic N) is 3. The number of quaternary nitrogens is 1. The maximum atomic E-state index is 12.7. The fourth-order valence-electron chi connectivity index (χ4n) is 4.37. The summed E-state index contributed by atoms with van der Waals surface area (Å²) in [5.41, 5.74) is 1.99. The molecule has 1 N–H and O–H groups in total. The van der Waals surface area contributed by atoms with Gasteiger partial charge in [-0.15, -0.1) is 0 Å². The Morgan fingerprint density at radius 3 is 1.69 bits per heavy atom. The van der Waals surface area contributed by atoms with Crippen LogP contribution in [0, 0.1) is 0 Å². The number of fused-ring (bicyclic) bond motifs is 2. The second-order valence-electron chi connectivity index (χ2n) is 7.67. The summed E-state index contributed by atoms with van der Waals surface area (Å²) in [6.45, 7) is 2.40. The quantitative estimate of drug-likeness (QED) is 0.614. The van der Waals surface area contributed by atoms with Crippen LogP contribution in [0.1, 0.15) is 20.7 Å². The van der Waals surface area contributed by atoms with Crippen LogP contribution in [0.3, 0.4) is 0 Å². The molecule has 3 aliphatic rings. The van der Waals surface area contributed by atoms with Gasteiger partial charge in [-0.25, -0.2) is 0 Å². The van der Waals surface area contributed by atoms with Gasteiger partial charge in [0.25, 0.3) is 11.6 Å². The summed E-state index contributed by atoms with van der Waals surface area (Å²) in [7, 11) is 0. The topological polar surface area (TPSA) is 86.8 Å². The van der Waals surface area contributed by atoms with Gasteiger partial charge in [-0.3, -0.25) is 38.8 Å². The van der Waals surface area contributed by atoms with E-state index in [4.69, 9.17) is 0 Å². The molecule has 5 rings (SSSR count). The van der Waals surface area contributed by atoms with E-state index in [0.717, 1.165) is 6.54 Å². The summed E-state index contributed by atoms with van der Waals surface area (Å²) >= 11 is 0. The van der Waals surface area contributed by atoms with Crippen molar-refractivity contribution in [3.8, 4) is 0 Å². The molecule has 29 heavy (non-hydrogen) atoms. The van der Waals surface area contributed by atoms with E-state index in [1.54, 1.807) is 48.5 Å². The summed E-state index contributed by atoms with van der Waals surface area (Å²) in [5.74, 6) is -2.13. The maximum Gasteiger partial charge on any atom is 0.303 e. The van der Waals surface area contributed by atoms with Crippen LogP contribution in [0.15, 0.2) is 48.5 Å². The van der Waals surface area contributed by atoms with Crippen LogP contribution in [0.25, 0.3) is 0 Å². The van der Waals surface area contributed by atoms with Gasteiger partial charge in [-0.05, 0) is 24.3 Å². The number of carbonyl (C=O) groups is 4. The van der Waals surface area contributed by atoms with Crippen molar-refractivity contribution in [3.05, 3.63) is 59.7 Å². The van der Waals surface area contributed by atoms with E-state index in [9.17, 15) is 19.2 Å². The molecular weight excluding hydrogens is 372 g/mol. The third kappa shape index (κ3) is 2.60. The Kier molecular flexibility index (Phi) is 3.87. The highest BCUT2D eigenvalue weighted by molar-refractivity contribution is 6.52. The minimum Gasteiger partial charge on any atom is -0.283 e. The van der Waals surface area contributed by atoms with Gasteiger partial charge in [0.2, 0.25) is 0 Å². The molecule has 0 unspecified atom stereocenters. The van der Waals surface area contributed by atoms with Gasteiger partial charge in [0, 0.05) is 6.54 Å². The van der Waals surface area contributed by atoms with Crippen molar-refractivity contribution in [2.75, 3.05) is 42.9 Å². The maximum absolute atomic E-state index is 12.7. The number of Topliss-reactive ketones (excluding diaryl/α,β-unsaturated/α-hetero) is 2. The molecule has 3 heterocycles. The molecule has 0 aromatic heterocycles. The normalized spacial score (nSPS) is 19.9. The van der Waals surface area contributed by atoms with E-state index in [-0.39, 0.29) is 13.3 Å². The SMILES string of the molecule is O=C1C(=O)N(C[N+]2(CN3C(=O)C(=O)c4ccccc43)CCNC2)c2ccccc21. The van der Waals surface area contributed by atoms with Crippen LogP contribution in [-0.2, 0) is 9.59 Å². The summed E-state index contributed by atoms with van der Waals surface area (Å²) < 4.78 is 0.348. The predicted molar refractivity (Wildman–Crippen MR) is 104 cm³/mol. The van der Waals surface area contributed by atoms with Crippen molar-refractivity contribution in [1.82, 2.24) is 5.32 Å². The Morgan fingerprint density at radius 2 is 1.24 bits per heavy atom. The van der Waals surface area contributed by atoms with Crippen molar-refractivity contribution in [3.63, 3.8) is 0 Å². The van der Waals surface area contributed by atoms with Crippen LogP contribution in [0.4, 0.5) is 11.4 Å². The first-order valence-electron chi connectivity index (χ1n) is 9.47. The highest BCUT2D eigenvalue weighted by atomic mass is 16.2. The molecule has 0 bridgehead atoms. The molecule has 2 aromatic carbocycles. The number of ketones is 2. The van der Waals surface area contributed by atoms with Gasteiger partial charge in [-0.1, -0.05) is 24.3 Å². The number of para-hydroxylation sites is 2. The Labute approximate surface area is 166 Å². The van der Waals surface area contributed by atoms with Crippen LogP contribution in [0.5, 0.6) is 0 Å². The van der Waals surface area contributed by atoms with Crippen molar-refractivity contribution < 1.29 is 23.7 Å². The number of benzene rings is 2. The smallest absolute Gasteiger partial charge is 0.283 e. The fourth-order valence-corrected chi connectivity index (χ4v) is 4.37.